The zero-order chi connectivity index (χ0) is 22.3. The molecule has 164 valence electrons. The van der Waals surface area contributed by atoms with Crippen LogP contribution in [0, 0.1) is 17.3 Å². The Balaban J connectivity index is 1.98. The van der Waals surface area contributed by atoms with Crippen LogP contribution < -0.4 is 0 Å². The second kappa shape index (κ2) is 8.16. The third-order valence-electron chi connectivity index (χ3n) is 7.08. The third-order valence-corrected chi connectivity index (χ3v) is 7.08. The van der Waals surface area contributed by atoms with E-state index in [1.54, 1.807) is 12.2 Å². The molecule has 0 aromatic rings. The highest BCUT2D eigenvalue weighted by Crippen LogP contribution is 2.51. The molecule has 0 saturated heterocycles. The fraction of sp³-hybridized carbons (Fsp3) is 0.640. The molecule has 0 radical (unpaired) electrons. The molecule has 30 heavy (non-hydrogen) atoms. The maximum absolute atomic E-state index is 13.2. The molecular formula is C25H34O5. The average Bonchev–Trinajstić information content (AvgIpc) is 2.67. The summed E-state index contributed by atoms with van der Waals surface area (Å²) in [5.74, 6) is -1.80. The van der Waals surface area contributed by atoms with Crippen LogP contribution in [0.2, 0.25) is 0 Å². The summed E-state index contributed by atoms with van der Waals surface area (Å²) in [4.78, 5) is 37.9. The van der Waals surface area contributed by atoms with Crippen LogP contribution in [-0.2, 0) is 19.1 Å². The van der Waals surface area contributed by atoms with Gasteiger partial charge in [-0.1, -0.05) is 52.5 Å². The lowest BCUT2D eigenvalue weighted by molar-refractivity contribution is -0.136. The van der Waals surface area contributed by atoms with Crippen LogP contribution in [0.5, 0.6) is 0 Å². The van der Waals surface area contributed by atoms with Gasteiger partial charge in [0.2, 0.25) is 11.6 Å². The topological polar surface area (TPSA) is 80.7 Å². The SMILES string of the molecule is CCCCCCC(C)(C)C1=CC2=C(C(=O)C1=O)[C@@H]1CC(C(=O)O)=CC[C@H]1C(C)(C)O2. The van der Waals surface area contributed by atoms with E-state index < -0.39 is 28.6 Å². The van der Waals surface area contributed by atoms with Gasteiger partial charge in [0, 0.05) is 28.6 Å². The number of ketones is 2. The van der Waals surface area contributed by atoms with Gasteiger partial charge < -0.3 is 9.84 Å². The number of carbonyl (C=O) groups excluding carboxylic acids is 2. The lowest BCUT2D eigenvalue weighted by Crippen LogP contribution is -2.48. The molecule has 2 aliphatic carbocycles. The standard InChI is InChI=1S/C25H34O5/c1-6-7-8-9-12-24(2,3)18-14-19-20(22(27)21(18)26)16-13-15(23(28)29)10-11-17(16)25(4,5)30-19/h10,14,16-17H,6-9,11-13H2,1-5H3,(H,28,29)/t16-,17-/m1/s1. The number of aliphatic carboxylic acids is 1. The highest BCUT2D eigenvalue weighted by molar-refractivity contribution is 6.50. The van der Waals surface area contributed by atoms with Gasteiger partial charge in [-0.15, -0.1) is 0 Å². The van der Waals surface area contributed by atoms with E-state index >= 15 is 0 Å². The second-order valence-electron chi connectivity index (χ2n) is 10.1. The number of allylic oxidation sites excluding steroid dienone is 4. The van der Waals surface area contributed by atoms with E-state index in [4.69, 9.17) is 4.74 Å². The molecule has 0 unspecified atom stereocenters. The quantitative estimate of drug-likeness (QED) is 0.353. The number of Topliss-reactive ketones (excluding diaryl/α,β-unsaturated/α-hetero) is 2. The summed E-state index contributed by atoms with van der Waals surface area (Å²) in [5.41, 5.74) is 0.246. The smallest absolute Gasteiger partial charge is 0.331 e. The summed E-state index contributed by atoms with van der Waals surface area (Å²) in [6, 6.07) is 0. The van der Waals surface area contributed by atoms with Crippen molar-refractivity contribution in [3.8, 4) is 0 Å². The van der Waals surface area contributed by atoms with Crippen molar-refractivity contribution in [2.45, 2.75) is 85.2 Å². The fourth-order valence-electron chi connectivity index (χ4n) is 5.20. The summed E-state index contributed by atoms with van der Waals surface area (Å²) in [5, 5.41) is 9.46. The van der Waals surface area contributed by atoms with Crippen molar-refractivity contribution in [3.63, 3.8) is 0 Å². The highest BCUT2D eigenvalue weighted by Gasteiger charge is 2.51. The molecule has 3 rings (SSSR count). The second-order valence-corrected chi connectivity index (χ2v) is 10.1. The fourth-order valence-corrected chi connectivity index (χ4v) is 5.20. The minimum Gasteiger partial charge on any atom is -0.487 e. The molecule has 5 nitrogen and oxygen atoms in total. The predicted molar refractivity (Wildman–Crippen MR) is 115 cm³/mol. The van der Waals surface area contributed by atoms with Gasteiger partial charge in [-0.2, -0.15) is 0 Å². The number of ether oxygens (including phenoxy) is 1. The zero-order valence-corrected chi connectivity index (χ0v) is 18.8. The molecule has 1 aliphatic heterocycles. The summed E-state index contributed by atoms with van der Waals surface area (Å²) < 4.78 is 6.28. The molecule has 3 aliphatic rings. The Labute approximate surface area is 179 Å². The monoisotopic (exact) mass is 414 g/mol. The first-order valence-corrected chi connectivity index (χ1v) is 11.2. The van der Waals surface area contributed by atoms with Gasteiger partial charge in [0.05, 0.1) is 0 Å². The Bertz CT molecular complexity index is 853. The number of carboxylic acid groups (broad SMARTS) is 1. The molecule has 0 spiro atoms. The van der Waals surface area contributed by atoms with Gasteiger partial charge in [0.25, 0.3) is 0 Å². The Hall–Kier alpha value is -2.17. The average molecular weight is 415 g/mol. The molecule has 0 fully saturated rings. The Morgan fingerprint density at radius 1 is 1.20 bits per heavy atom. The van der Waals surface area contributed by atoms with Gasteiger partial charge in [-0.3, -0.25) is 9.59 Å². The Morgan fingerprint density at radius 2 is 1.90 bits per heavy atom. The van der Waals surface area contributed by atoms with E-state index in [2.05, 4.69) is 6.92 Å². The van der Waals surface area contributed by atoms with Crippen LogP contribution in [-0.4, -0.2) is 28.2 Å². The van der Waals surface area contributed by atoms with E-state index in [1.165, 1.54) is 0 Å². The van der Waals surface area contributed by atoms with Crippen molar-refractivity contribution in [1.82, 2.24) is 0 Å². The molecular weight excluding hydrogens is 380 g/mol. The minimum atomic E-state index is -0.959. The molecule has 0 saturated carbocycles. The first kappa shape index (κ1) is 22.5. The van der Waals surface area contributed by atoms with E-state index in [1.807, 2.05) is 27.7 Å². The van der Waals surface area contributed by atoms with Gasteiger partial charge in [0.15, 0.2) is 0 Å². The number of carboxylic acids is 1. The normalized spacial score (nSPS) is 25.8. The number of hydrogen-bond donors (Lipinski definition) is 1. The van der Waals surface area contributed by atoms with E-state index in [0.717, 1.165) is 32.1 Å². The largest absolute Gasteiger partial charge is 0.487 e. The highest BCUT2D eigenvalue weighted by atomic mass is 16.5. The summed E-state index contributed by atoms with van der Waals surface area (Å²) in [6.07, 6.45) is 9.56. The molecule has 2 atom stereocenters. The minimum absolute atomic E-state index is 0.0342. The zero-order valence-electron chi connectivity index (χ0n) is 18.8. The van der Waals surface area contributed by atoms with Crippen LogP contribution in [0.25, 0.3) is 0 Å². The Morgan fingerprint density at radius 3 is 2.53 bits per heavy atom. The van der Waals surface area contributed by atoms with E-state index in [9.17, 15) is 19.5 Å². The molecule has 0 aromatic heterocycles. The first-order chi connectivity index (χ1) is 14.0. The lowest BCUT2D eigenvalue weighted by Gasteiger charge is -2.48. The van der Waals surface area contributed by atoms with E-state index in [-0.39, 0.29) is 18.3 Å². The number of carbonyl (C=O) groups is 3. The Kier molecular flexibility index (Phi) is 6.13. The van der Waals surface area contributed by atoms with Gasteiger partial charge in [0.1, 0.15) is 11.4 Å². The van der Waals surface area contributed by atoms with E-state index in [0.29, 0.717) is 28.9 Å². The maximum Gasteiger partial charge on any atom is 0.331 e. The first-order valence-electron chi connectivity index (χ1n) is 11.2. The lowest BCUT2D eigenvalue weighted by atomic mass is 9.63. The molecule has 1 heterocycles. The van der Waals surface area contributed by atoms with Crippen molar-refractivity contribution in [1.29, 1.82) is 0 Å². The van der Waals surface area contributed by atoms with Gasteiger partial charge >= 0.3 is 5.97 Å². The van der Waals surface area contributed by atoms with Crippen molar-refractivity contribution in [2.75, 3.05) is 0 Å². The van der Waals surface area contributed by atoms with Crippen LogP contribution in [0.4, 0.5) is 0 Å². The maximum atomic E-state index is 13.2. The van der Waals surface area contributed by atoms with Gasteiger partial charge in [-0.05, 0) is 44.6 Å². The number of unbranched alkanes of at least 4 members (excludes halogenated alkanes) is 3. The molecule has 0 bridgehead atoms. The molecule has 0 amide bonds. The molecule has 5 heteroatoms. The van der Waals surface area contributed by atoms with Crippen LogP contribution in [0.3, 0.4) is 0 Å². The summed E-state index contributed by atoms with van der Waals surface area (Å²) >= 11 is 0. The van der Waals surface area contributed by atoms with Crippen molar-refractivity contribution in [3.05, 3.63) is 34.6 Å². The van der Waals surface area contributed by atoms with Gasteiger partial charge in [-0.25, -0.2) is 4.79 Å². The van der Waals surface area contributed by atoms with Crippen molar-refractivity contribution in [2.24, 2.45) is 17.3 Å². The number of fused-ring (bicyclic) bond motifs is 2. The summed E-state index contributed by atoms with van der Waals surface area (Å²) in [7, 11) is 0. The van der Waals surface area contributed by atoms with Crippen molar-refractivity contribution >= 4 is 17.5 Å². The predicted octanol–water partition coefficient (Wildman–Crippen LogP) is 5.16. The van der Waals surface area contributed by atoms with Crippen LogP contribution in [0.1, 0.15) is 79.6 Å². The molecule has 0 aromatic carbocycles. The number of rotatable bonds is 7. The number of hydrogen-bond acceptors (Lipinski definition) is 4. The van der Waals surface area contributed by atoms with Crippen LogP contribution >= 0.6 is 0 Å². The van der Waals surface area contributed by atoms with Crippen molar-refractivity contribution < 1.29 is 24.2 Å². The third kappa shape index (κ3) is 4.03. The molecule has 1 N–H and O–H groups in total. The summed E-state index contributed by atoms with van der Waals surface area (Å²) in [6.45, 7) is 10.2. The van der Waals surface area contributed by atoms with Crippen LogP contribution in [0.15, 0.2) is 34.6 Å².